The summed E-state index contributed by atoms with van der Waals surface area (Å²) in [7, 11) is 0. The number of amides is 2. The lowest BCUT2D eigenvalue weighted by molar-refractivity contribution is 0.259. The molecule has 0 heterocycles. The van der Waals surface area contributed by atoms with Gasteiger partial charge < -0.3 is 11.1 Å². The molecule has 2 amide bonds. The Morgan fingerprint density at radius 3 is 2.85 bits per heavy atom. The third kappa shape index (κ3) is 2.63. The van der Waals surface area contributed by atoms with Gasteiger partial charge in [-0.2, -0.15) is 0 Å². The Hall–Kier alpha value is -1.77. The Bertz CT molecular complexity index is 320. The van der Waals surface area contributed by atoms with E-state index in [2.05, 4.69) is 11.9 Å². The summed E-state index contributed by atoms with van der Waals surface area (Å²) in [5.41, 5.74) is 6.77. The van der Waals surface area contributed by atoms with Crippen LogP contribution in [0.4, 0.5) is 10.5 Å². The molecule has 0 spiro atoms. The van der Waals surface area contributed by atoms with Gasteiger partial charge in [0.15, 0.2) is 0 Å². The van der Waals surface area contributed by atoms with Crippen LogP contribution in [-0.2, 0) is 6.42 Å². The zero-order valence-electron chi connectivity index (χ0n) is 7.29. The van der Waals surface area contributed by atoms with Crippen molar-refractivity contribution in [1.29, 1.82) is 0 Å². The standard InChI is InChI=1S/C10H12N2O/c1-2-5-8-6-3-4-7-9(8)12-10(11)13/h2-4,6-7H,1,5H2,(H3,11,12,13). The molecule has 0 radical (unpaired) electrons. The molecule has 0 saturated carbocycles. The lowest BCUT2D eigenvalue weighted by Crippen LogP contribution is -2.20. The second-order valence-corrected chi connectivity index (χ2v) is 2.64. The van der Waals surface area contributed by atoms with Gasteiger partial charge in [0.05, 0.1) is 0 Å². The number of hydrogen-bond donors (Lipinski definition) is 2. The maximum absolute atomic E-state index is 10.6. The van der Waals surface area contributed by atoms with Gasteiger partial charge in [-0.15, -0.1) is 6.58 Å². The van der Waals surface area contributed by atoms with Crippen LogP contribution in [0.15, 0.2) is 36.9 Å². The molecular formula is C10H12N2O. The van der Waals surface area contributed by atoms with Crippen molar-refractivity contribution >= 4 is 11.7 Å². The number of nitrogens with two attached hydrogens (primary N) is 1. The number of carbonyl (C=O) groups excluding carboxylic acids is 1. The van der Waals surface area contributed by atoms with E-state index in [1.54, 1.807) is 6.08 Å². The molecular weight excluding hydrogens is 164 g/mol. The minimum Gasteiger partial charge on any atom is -0.351 e. The smallest absolute Gasteiger partial charge is 0.316 e. The van der Waals surface area contributed by atoms with Crippen LogP contribution in [0.2, 0.25) is 0 Å². The molecule has 3 nitrogen and oxygen atoms in total. The van der Waals surface area contributed by atoms with Gasteiger partial charge in [-0.3, -0.25) is 0 Å². The number of anilines is 1. The highest BCUT2D eigenvalue weighted by Crippen LogP contribution is 2.15. The van der Waals surface area contributed by atoms with Gasteiger partial charge in [0.2, 0.25) is 0 Å². The number of rotatable bonds is 3. The second-order valence-electron chi connectivity index (χ2n) is 2.64. The normalized spacial score (nSPS) is 9.23. The summed E-state index contributed by atoms with van der Waals surface area (Å²) in [4.78, 5) is 10.6. The minimum absolute atomic E-state index is 0.545. The average molecular weight is 176 g/mol. The van der Waals surface area contributed by atoms with E-state index >= 15 is 0 Å². The highest BCUT2D eigenvalue weighted by Gasteiger charge is 2.00. The Balaban J connectivity index is 2.90. The third-order valence-corrected chi connectivity index (χ3v) is 1.64. The molecule has 68 valence electrons. The first kappa shape index (κ1) is 9.32. The second kappa shape index (κ2) is 4.30. The molecule has 1 aromatic carbocycles. The van der Waals surface area contributed by atoms with Crippen LogP contribution in [0.25, 0.3) is 0 Å². The first-order valence-corrected chi connectivity index (χ1v) is 3.99. The molecule has 3 heteroatoms. The molecule has 0 atom stereocenters. The Kier molecular flexibility index (Phi) is 3.09. The van der Waals surface area contributed by atoms with Crippen LogP contribution in [-0.4, -0.2) is 6.03 Å². The fourth-order valence-corrected chi connectivity index (χ4v) is 1.11. The van der Waals surface area contributed by atoms with Crippen molar-refractivity contribution in [2.75, 3.05) is 5.32 Å². The fourth-order valence-electron chi connectivity index (χ4n) is 1.11. The van der Waals surface area contributed by atoms with Gasteiger partial charge in [0.25, 0.3) is 0 Å². The Labute approximate surface area is 77.3 Å². The van der Waals surface area contributed by atoms with Crippen molar-refractivity contribution in [2.45, 2.75) is 6.42 Å². The van der Waals surface area contributed by atoms with E-state index in [1.807, 2.05) is 24.3 Å². The molecule has 0 unspecified atom stereocenters. The van der Waals surface area contributed by atoms with E-state index in [-0.39, 0.29) is 0 Å². The molecule has 0 aromatic heterocycles. The van der Waals surface area contributed by atoms with Gasteiger partial charge in [-0.05, 0) is 18.1 Å². The number of urea groups is 1. The van der Waals surface area contributed by atoms with Crippen LogP contribution < -0.4 is 11.1 Å². The van der Waals surface area contributed by atoms with Crippen molar-refractivity contribution in [2.24, 2.45) is 5.73 Å². The summed E-state index contributed by atoms with van der Waals surface area (Å²) in [5.74, 6) is 0. The first-order valence-electron chi connectivity index (χ1n) is 3.99. The zero-order valence-corrected chi connectivity index (χ0v) is 7.29. The monoisotopic (exact) mass is 176 g/mol. The summed E-state index contributed by atoms with van der Waals surface area (Å²) in [6, 6.07) is 6.94. The summed E-state index contributed by atoms with van der Waals surface area (Å²) in [6.07, 6.45) is 2.50. The number of hydrogen-bond acceptors (Lipinski definition) is 1. The molecule has 3 N–H and O–H groups in total. The Morgan fingerprint density at radius 2 is 2.23 bits per heavy atom. The number of nitrogens with one attached hydrogen (secondary N) is 1. The highest BCUT2D eigenvalue weighted by atomic mass is 16.2. The minimum atomic E-state index is -0.545. The zero-order chi connectivity index (χ0) is 9.68. The number of allylic oxidation sites excluding steroid dienone is 1. The van der Waals surface area contributed by atoms with Crippen LogP contribution >= 0.6 is 0 Å². The quantitative estimate of drug-likeness (QED) is 0.679. The van der Waals surface area contributed by atoms with Crippen molar-refractivity contribution in [3.63, 3.8) is 0 Å². The van der Waals surface area contributed by atoms with E-state index in [9.17, 15) is 4.79 Å². The van der Waals surface area contributed by atoms with Gasteiger partial charge in [0.1, 0.15) is 0 Å². The summed E-state index contributed by atoms with van der Waals surface area (Å²) in [5, 5.41) is 2.55. The molecule has 0 saturated heterocycles. The molecule has 0 aliphatic rings. The highest BCUT2D eigenvalue weighted by molar-refractivity contribution is 5.88. The van der Waals surface area contributed by atoms with E-state index in [1.165, 1.54) is 0 Å². The van der Waals surface area contributed by atoms with Crippen LogP contribution in [0.5, 0.6) is 0 Å². The number of carbonyl (C=O) groups is 1. The van der Waals surface area contributed by atoms with Crippen LogP contribution in [0.3, 0.4) is 0 Å². The van der Waals surface area contributed by atoms with E-state index in [4.69, 9.17) is 5.73 Å². The lowest BCUT2D eigenvalue weighted by atomic mass is 10.1. The largest absolute Gasteiger partial charge is 0.351 e. The SMILES string of the molecule is C=CCc1ccccc1NC(N)=O. The average Bonchev–Trinajstić information content (AvgIpc) is 2.08. The fraction of sp³-hybridized carbons (Fsp3) is 0.100. The van der Waals surface area contributed by atoms with Gasteiger partial charge in [0, 0.05) is 5.69 Å². The molecule has 1 aromatic rings. The lowest BCUT2D eigenvalue weighted by Gasteiger charge is -2.06. The summed E-state index contributed by atoms with van der Waals surface area (Å²) < 4.78 is 0. The van der Waals surface area contributed by atoms with Crippen molar-refractivity contribution in [1.82, 2.24) is 0 Å². The third-order valence-electron chi connectivity index (χ3n) is 1.64. The van der Waals surface area contributed by atoms with E-state index in [0.29, 0.717) is 0 Å². The topological polar surface area (TPSA) is 55.1 Å². The predicted molar refractivity (Wildman–Crippen MR) is 53.5 cm³/mol. The molecule has 0 fully saturated rings. The van der Waals surface area contributed by atoms with Crippen LogP contribution in [0, 0.1) is 0 Å². The number of para-hydroxylation sites is 1. The van der Waals surface area contributed by atoms with Gasteiger partial charge in [-0.25, -0.2) is 4.79 Å². The maximum Gasteiger partial charge on any atom is 0.316 e. The maximum atomic E-state index is 10.6. The first-order chi connectivity index (χ1) is 6.24. The molecule has 1 rings (SSSR count). The van der Waals surface area contributed by atoms with Crippen molar-refractivity contribution < 1.29 is 4.79 Å². The van der Waals surface area contributed by atoms with Crippen molar-refractivity contribution in [3.8, 4) is 0 Å². The van der Waals surface area contributed by atoms with Gasteiger partial charge >= 0.3 is 6.03 Å². The predicted octanol–water partition coefficient (Wildman–Crippen LogP) is 1.91. The molecule has 0 aliphatic carbocycles. The summed E-state index contributed by atoms with van der Waals surface area (Å²) in [6.45, 7) is 3.63. The number of primary amides is 1. The number of benzene rings is 1. The van der Waals surface area contributed by atoms with E-state index < -0.39 is 6.03 Å². The van der Waals surface area contributed by atoms with Gasteiger partial charge in [-0.1, -0.05) is 24.3 Å². The molecule has 0 aliphatic heterocycles. The van der Waals surface area contributed by atoms with Crippen LogP contribution in [0.1, 0.15) is 5.56 Å². The van der Waals surface area contributed by atoms with Crippen molar-refractivity contribution in [3.05, 3.63) is 42.5 Å². The van der Waals surface area contributed by atoms with E-state index in [0.717, 1.165) is 17.7 Å². The molecule has 0 bridgehead atoms. The Morgan fingerprint density at radius 1 is 1.54 bits per heavy atom. The molecule has 13 heavy (non-hydrogen) atoms. The summed E-state index contributed by atoms with van der Waals surface area (Å²) >= 11 is 0.